The van der Waals surface area contributed by atoms with Gasteiger partial charge in [0.2, 0.25) is 5.91 Å². The number of nitrogens with one attached hydrogen (secondary N) is 1. The van der Waals surface area contributed by atoms with Crippen LogP contribution in [0.4, 0.5) is 5.69 Å². The molecule has 1 aromatic carbocycles. The van der Waals surface area contributed by atoms with Gasteiger partial charge in [0.1, 0.15) is 5.75 Å². The average molecular weight is 248 g/mol. The number of amides is 1. The Bertz CT molecular complexity index is 412. The third-order valence-electron chi connectivity index (χ3n) is 3.41. The van der Waals surface area contributed by atoms with Gasteiger partial charge in [0, 0.05) is 26.1 Å². The topological polar surface area (TPSA) is 41.6 Å². The van der Waals surface area contributed by atoms with Crippen molar-refractivity contribution < 1.29 is 9.53 Å². The Balaban J connectivity index is 1.93. The van der Waals surface area contributed by atoms with E-state index in [0.29, 0.717) is 6.04 Å². The minimum atomic E-state index is 0.172. The number of hydrogen-bond donors (Lipinski definition) is 1. The third-order valence-corrected chi connectivity index (χ3v) is 3.41. The number of nitrogens with zero attached hydrogens (tertiary/aromatic N) is 1. The quantitative estimate of drug-likeness (QED) is 0.891. The van der Waals surface area contributed by atoms with Crippen molar-refractivity contribution in [2.75, 3.05) is 25.5 Å². The Morgan fingerprint density at radius 2 is 2.00 bits per heavy atom. The highest BCUT2D eigenvalue weighted by Crippen LogP contribution is 2.25. The summed E-state index contributed by atoms with van der Waals surface area (Å²) < 4.78 is 5.32. The van der Waals surface area contributed by atoms with E-state index in [2.05, 4.69) is 5.32 Å². The summed E-state index contributed by atoms with van der Waals surface area (Å²) in [4.78, 5) is 13.2. The lowest BCUT2D eigenvalue weighted by Gasteiger charge is -2.32. The van der Waals surface area contributed by atoms with E-state index < -0.39 is 0 Å². The molecule has 0 saturated carbocycles. The summed E-state index contributed by atoms with van der Waals surface area (Å²) in [5, 5.41) is 3.50. The Morgan fingerprint density at radius 3 is 2.61 bits per heavy atom. The molecule has 1 heterocycles. The van der Waals surface area contributed by atoms with Gasteiger partial charge in [-0.1, -0.05) is 12.1 Å². The second kappa shape index (κ2) is 5.76. The molecule has 1 aliphatic heterocycles. The van der Waals surface area contributed by atoms with Crippen LogP contribution in [0.1, 0.15) is 19.8 Å². The first-order valence-corrected chi connectivity index (χ1v) is 6.36. The molecule has 1 aromatic rings. The Hall–Kier alpha value is -1.71. The number of benzene rings is 1. The maximum Gasteiger partial charge on any atom is 0.219 e. The van der Waals surface area contributed by atoms with Gasteiger partial charge in [0.15, 0.2) is 0 Å². The molecular weight excluding hydrogens is 228 g/mol. The average Bonchev–Trinajstić information content (AvgIpc) is 2.40. The van der Waals surface area contributed by atoms with Crippen LogP contribution in [0.15, 0.2) is 24.3 Å². The molecule has 4 nitrogen and oxygen atoms in total. The standard InChI is InChI=1S/C14H20N2O2/c1-11(17)16-9-7-12(8-10-16)15-13-5-3-4-6-14(13)18-2/h3-6,12,15H,7-10H2,1-2H3. The van der Waals surface area contributed by atoms with Crippen molar-refractivity contribution in [1.82, 2.24) is 4.90 Å². The van der Waals surface area contributed by atoms with Crippen molar-refractivity contribution in [2.45, 2.75) is 25.8 Å². The zero-order valence-electron chi connectivity index (χ0n) is 11.0. The molecule has 1 aliphatic rings. The van der Waals surface area contributed by atoms with E-state index in [1.54, 1.807) is 14.0 Å². The summed E-state index contributed by atoms with van der Waals surface area (Å²) in [6.07, 6.45) is 1.97. The minimum Gasteiger partial charge on any atom is -0.495 e. The first-order chi connectivity index (χ1) is 8.70. The lowest BCUT2D eigenvalue weighted by molar-refractivity contribution is -0.129. The van der Waals surface area contributed by atoms with Crippen LogP contribution in [0.25, 0.3) is 0 Å². The lowest BCUT2D eigenvalue weighted by Crippen LogP contribution is -2.41. The number of likely N-dealkylation sites (tertiary alicyclic amines) is 1. The second-order valence-corrected chi connectivity index (χ2v) is 4.62. The number of carbonyl (C=O) groups is 1. The van der Waals surface area contributed by atoms with Crippen LogP contribution in [0, 0.1) is 0 Å². The molecule has 1 saturated heterocycles. The number of para-hydroxylation sites is 2. The molecule has 18 heavy (non-hydrogen) atoms. The van der Waals surface area contributed by atoms with Crippen molar-refractivity contribution in [2.24, 2.45) is 0 Å². The van der Waals surface area contributed by atoms with Crippen LogP contribution in [-0.4, -0.2) is 37.0 Å². The minimum absolute atomic E-state index is 0.172. The lowest BCUT2D eigenvalue weighted by atomic mass is 10.0. The third kappa shape index (κ3) is 2.94. The Kier molecular flexibility index (Phi) is 4.07. The number of piperidine rings is 1. The summed E-state index contributed by atoms with van der Waals surface area (Å²) in [7, 11) is 1.68. The van der Waals surface area contributed by atoms with E-state index in [9.17, 15) is 4.79 Å². The summed E-state index contributed by atoms with van der Waals surface area (Å²) >= 11 is 0. The van der Waals surface area contributed by atoms with Crippen LogP contribution in [0.2, 0.25) is 0 Å². The number of ether oxygens (including phenoxy) is 1. The molecule has 1 fully saturated rings. The zero-order valence-corrected chi connectivity index (χ0v) is 11.0. The highest BCUT2D eigenvalue weighted by molar-refractivity contribution is 5.73. The highest BCUT2D eigenvalue weighted by atomic mass is 16.5. The van der Waals surface area contributed by atoms with Gasteiger partial charge in [-0.15, -0.1) is 0 Å². The van der Waals surface area contributed by atoms with Gasteiger partial charge in [0.05, 0.1) is 12.8 Å². The van der Waals surface area contributed by atoms with Crippen LogP contribution in [-0.2, 0) is 4.79 Å². The van der Waals surface area contributed by atoms with Crippen molar-refractivity contribution in [1.29, 1.82) is 0 Å². The van der Waals surface area contributed by atoms with E-state index in [0.717, 1.165) is 37.4 Å². The summed E-state index contributed by atoms with van der Waals surface area (Å²) in [6.45, 7) is 3.30. The fourth-order valence-electron chi connectivity index (χ4n) is 2.32. The first kappa shape index (κ1) is 12.7. The number of methoxy groups -OCH3 is 1. The fourth-order valence-corrected chi connectivity index (χ4v) is 2.32. The summed E-state index contributed by atoms with van der Waals surface area (Å²) in [5.41, 5.74) is 1.03. The second-order valence-electron chi connectivity index (χ2n) is 4.62. The van der Waals surface area contributed by atoms with Crippen LogP contribution < -0.4 is 10.1 Å². The number of anilines is 1. The van der Waals surface area contributed by atoms with Crippen molar-refractivity contribution in [3.63, 3.8) is 0 Å². The first-order valence-electron chi connectivity index (χ1n) is 6.36. The van der Waals surface area contributed by atoms with Crippen molar-refractivity contribution in [3.05, 3.63) is 24.3 Å². The fraction of sp³-hybridized carbons (Fsp3) is 0.500. The largest absolute Gasteiger partial charge is 0.495 e. The van der Waals surface area contributed by atoms with Crippen LogP contribution >= 0.6 is 0 Å². The van der Waals surface area contributed by atoms with Crippen molar-refractivity contribution in [3.8, 4) is 5.75 Å². The Labute approximate surface area is 108 Å². The summed E-state index contributed by atoms with van der Waals surface area (Å²) in [5.74, 6) is 1.04. The molecule has 98 valence electrons. The monoisotopic (exact) mass is 248 g/mol. The molecule has 0 unspecified atom stereocenters. The molecule has 0 atom stereocenters. The number of rotatable bonds is 3. The van der Waals surface area contributed by atoms with Gasteiger partial charge < -0.3 is 15.0 Å². The highest BCUT2D eigenvalue weighted by Gasteiger charge is 2.20. The van der Waals surface area contributed by atoms with E-state index in [4.69, 9.17) is 4.74 Å². The van der Waals surface area contributed by atoms with Gasteiger partial charge in [-0.3, -0.25) is 4.79 Å². The van der Waals surface area contributed by atoms with Gasteiger partial charge in [-0.25, -0.2) is 0 Å². The predicted octanol–water partition coefficient (Wildman–Crippen LogP) is 2.12. The summed E-state index contributed by atoms with van der Waals surface area (Å²) in [6, 6.07) is 8.35. The van der Waals surface area contributed by atoms with Crippen LogP contribution in [0.3, 0.4) is 0 Å². The molecule has 0 aromatic heterocycles. The molecule has 1 amide bonds. The smallest absolute Gasteiger partial charge is 0.219 e. The molecule has 0 aliphatic carbocycles. The maximum absolute atomic E-state index is 11.2. The molecule has 1 N–H and O–H groups in total. The van der Waals surface area contributed by atoms with E-state index in [1.807, 2.05) is 29.2 Å². The van der Waals surface area contributed by atoms with Crippen molar-refractivity contribution >= 4 is 11.6 Å². The zero-order chi connectivity index (χ0) is 13.0. The molecule has 0 radical (unpaired) electrons. The molecule has 0 spiro atoms. The maximum atomic E-state index is 11.2. The van der Waals surface area contributed by atoms with Gasteiger partial charge in [0.25, 0.3) is 0 Å². The van der Waals surface area contributed by atoms with Gasteiger partial charge in [-0.05, 0) is 25.0 Å². The normalized spacial score (nSPS) is 16.4. The molecule has 0 bridgehead atoms. The van der Waals surface area contributed by atoms with Gasteiger partial charge in [-0.2, -0.15) is 0 Å². The molecule has 2 rings (SSSR count). The van der Waals surface area contributed by atoms with Gasteiger partial charge >= 0.3 is 0 Å². The molecule has 4 heteroatoms. The van der Waals surface area contributed by atoms with Crippen LogP contribution in [0.5, 0.6) is 5.75 Å². The SMILES string of the molecule is COc1ccccc1NC1CCN(C(C)=O)CC1. The molecular formula is C14H20N2O2. The Morgan fingerprint density at radius 1 is 1.33 bits per heavy atom. The number of carbonyl (C=O) groups excluding carboxylic acids is 1. The van der Waals surface area contributed by atoms with E-state index in [1.165, 1.54) is 0 Å². The number of hydrogen-bond acceptors (Lipinski definition) is 3. The van der Waals surface area contributed by atoms with E-state index >= 15 is 0 Å². The predicted molar refractivity (Wildman–Crippen MR) is 71.9 cm³/mol. The van der Waals surface area contributed by atoms with E-state index in [-0.39, 0.29) is 5.91 Å².